The minimum Gasteiger partial charge on any atom is -0.411 e. The van der Waals surface area contributed by atoms with E-state index in [2.05, 4.69) is 146 Å². The van der Waals surface area contributed by atoms with Gasteiger partial charge in [-0.3, -0.25) is 4.90 Å². The van der Waals surface area contributed by atoms with Gasteiger partial charge in [0, 0.05) is 19.5 Å². The third-order valence-corrected chi connectivity index (χ3v) is 17.6. The van der Waals surface area contributed by atoms with Gasteiger partial charge in [-0.05, 0) is 47.4 Å². The number of hydrogen-bond donors (Lipinski definition) is 0. The zero-order valence-corrected chi connectivity index (χ0v) is 28.3. The van der Waals surface area contributed by atoms with Gasteiger partial charge in [-0.1, -0.05) is 108 Å². The number of terminal acetylenes is 1. The highest BCUT2D eigenvalue weighted by Crippen LogP contribution is 2.41. The van der Waals surface area contributed by atoms with Crippen molar-refractivity contribution in [2.45, 2.75) is 116 Å². The molecular formula is C34H53NO2Si2. The lowest BCUT2D eigenvalue weighted by Crippen LogP contribution is -2.58. The second-order valence-electron chi connectivity index (χ2n) is 13.8. The molecule has 214 valence electrons. The van der Waals surface area contributed by atoms with Crippen LogP contribution in [0.3, 0.4) is 0 Å². The van der Waals surface area contributed by atoms with Crippen molar-refractivity contribution in [2.24, 2.45) is 0 Å². The molecule has 3 atom stereocenters. The summed E-state index contributed by atoms with van der Waals surface area (Å²) in [6.45, 7) is 28.8. The van der Waals surface area contributed by atoms with Gasteiger partial charge < -0.3 is 8.85 Å². The maximum atomic E-state index is 7.19. The van der Waals surface area contributed by atoms with Crippen molar-refractivity contribution in [3.05, 3.63) is 84.4 Å². The van der Waals surface area contributed by atoms with E-state index >= 15 is 0 Å². The van der Waals surface area contributed by atoms with Gasteiger partial charge in [-0.15, -0.1) is 18.9 Å². The minimum absolute atomic E-state index is 0.0536. The van der Waals surface area contributed by atoms with Gasteiger partial charge in [0.15, 0.2) is 16.6 Å². The Balaban J connectivity index is 2.70. The highest BCUT2D eigenvalue weighted by molar-refractivity contribution is 6.74. The Kier molecular flexibility index (Phi) is 11.6. The van der Waals surface area contributed by atoms with Crippen molar-refractivity contribution in [1.29, 1.82) is 0 Å². The molecule has 2 aromatic carbocycles. The summed E-state index contributed by atoms with van der Waals surface area (Å²) in [6.07, 6.45) is 8.12. The normalized spacial score (nSPS) is 15.4. The largest absolute Gasteiger partial charge is 0.411 e. The quantitative estimate of drug-likeness (QED) is 0.138. The maximum Gasteiger partial charge on any atom is 0.192 e. The van der Waals surface area contributed by atoms with E-state index in [1.807, 2.05) is 6.08 Å². The van der Waals surface area contributed by atoms with Crippen molar-refractivity contribution < 1.29 is 8.85 Å². The Morgan fingerprint density at radius 1 is 0.795 bits per heavy atom. The fourth-order valence-electron chi connectivity index (χ4n) is 4.23. The first-order valence-corrected chi connectivity index (χ1v) is 20.1. The molecule has 0 aliphatic heterocycles. The van der Waals surface area contributed by atoms with Crippen molar-refractivity contribution >= 4 is 16.6 Å². The number of hydrogen-bond acceptors (Lipinski definition) is 3. The third-order valence-electron chi connectivity index (χ3n) is 8.64. The zero-order chi connectivity index (χ0) is 29.5. The summed E-state index contributed by atoms with van der Waals surface area (Å²) in [4.78, 5) is 2.51. The van der Waals surface area contributed by atoms with Crippen LogP contribution in [0.4, 0.5) is 0 Å². The summed E-state index contributed by atoms with van der Waals surface area (Å²) in [6, 6.07) is 21.2. The molecule has 2 rings (SSSR count). The molecule has 0 aliphatic rings. The molecule has 0 fully saturated rings. The lowest BCUT2D eigenvalue weighted by Gasteiger charge is -2.48. The van der Waals surface area contributed by atoms with E-state index in [4.69, 9.17) is 15.3 Å². The van der Waals surface area contributed by atoms with E-state index in [1.165, 1.54) is 11.1 Å². The summed E-state index contributed by atoms with van der Waals surface area (Å²) in [5.41, 5.74) is 2.50. The summed E-state index contributed by atoms with van der Waals surface area (Å²) in [5.74, 6) is 2.97. The second kappa shape index (κ2) is 13.6. The molecule has 0 unspecified atom stereocenters. The average Bonchev–Trinajstić information content (AvgIpc) is 2.83. The van der Waals surface area contributed by atoms with Crippen LogP contribution >= 0.6 is 0 Å². The van der Waals surface area contributed by atoms with E-state index in [0.717, 1.165) is 13.1 Å². The van der Waals surface area contributed by atoms with Crippen LogP contribution in [-0.2, 0) is 21.9 Å². The van der Waals surface area contributed by atoms with E-state index in [-0.39, 0.29) is 28.3 Å². The molecule has 3 nitrogen and oxygen atoms in total. The molecule has 2 aromatic rings. The Bertz CT molecular complexity index is 1020. The van der Waals surface area contributed by atoms with E-state index < -0.39 is 16.6 Å². The van der Waals surface area contributed by atoms with Gasteiger partial charge in [0.1, 0.15) is 0 Å². The molecule has 0 heterocycles. The molecule has 0 aromatic heterocycles. The standard InChI is InChI=1S/C34H53NO2Si2/c1-13-21-31(37-39(11,12)34(6,7)8)32(30(14-2)36-38(9,10)33(3,4)5)35(26-28-22-17-15-18-23-28)27-29-24-19-16-20-25-29/h1,14-20,22-25,30-32H,2,21,26-27H2,3-12H3/t30-,31-,32+/m1/s1. The summed E-state index contributed by atoms with van der Waals surface area (Å²) in [7, 11) is -4.29. The summed E-state index contributed by atoms with van der Waals surface area (Å²) in [5, 5.41) is 0.114. The fraction of sp³-hybridized carbons (Fsp3) is 0.529. The Labute approximate surface area is 242 Å². The van der Waals surface area contributed by atoms with E-state index in [0.29, 0.717) is 6.42 Å². The minimum atomic E-state index is -2.15. The van der Waals surface area contributed by atoms with Crippen LogP contribution in [-0.4, -0.2) is 39.8 Å². The molecule has 0 radical (unpaired) electrons. The van der Waals surface area contributed by atoms with Crippen LogP contribution in [0.5, 0.6) is 0 Å². The second-order valence-corrected chi connectivity index (χ2v) is 23.3. The predicted molar refractivity (Wildman–Crippen MR) is 174 cm³/mol. The van der Waals surface area contributed by atoms with Gasteiger partial charge in [-0.2, -0.15) is 0 Å². The average molecular weight is 564 g/mol. The topological polar surface area (TPSA) is 21.7 Å². The van der Waals surface area contributed by atoms with E-state index in [1.54, 1.807) is 0 Å². The van der Waals surface area contributed by atoms with E-state index in [9.17, 15) is 0 Å². The molecule has 0 spiro atoms. The van der Waals surface area contributed by atoms with Crippen LogP contribution in [0, 0.1) is 12.3 Å². The predicted octanol–water partition coefficient (Wildman–Crippen LogP) is 9.05. The highest BCUT2D eigenvalue weighted by Gasteiger charge is 2.46. The molecule has 0 aliphatic carbocycles. The van der Waals surface area contributed by atoms with Crippen LogP contribution in [0.2, 0.25) is 36.3 Å². The molecule has 5 heteroatoms. The molecule has 0 saturated heterocycles. The third kappa shape index (κ3) is 9.30. The van der Waals surface area contributed by atoms with Crippen molar-refractivity contribution in [1.82, 2.24) is 4.90 Å². The van der Waals surface area contributed by atoms with Crippen LogP contribution in [0.25, 0.3) is 0 Å². The van der Waals surface area contributed by atoms with Gasteiger partial charge in [0.25, 0.3) is 0 Å². The van der Waals surface area contributed by atoms with Gasteiger partial charge in [-0.25, -0.2) is 0 Å². The number of rotatable bonds is 13. The molecule has 39 heavy (non-hydrogen) atoms. The van der Waals surface area contributed by atoms with Gasteiger partial charge >= 0.3 is 0 Å². The molecule has 0 N–H and O–H groups in total. The first-order valence-electron chi connectivity index (χ1n) is 14.3. The Morgan fingerprint density at radius 3 is 1.56 bits per heavy atom. The number of benzene rings is 2. The molecule has 0 bridgehead atoms. The molecule has 0 saturated carbocycles. The lowest BCUT2D eigenvalue weighted by atomic mass is 9.98. The first kappa shape index (κ1) is 33.3. The molecular weight excluding hydrogens is 511 g/mol. The van der Waals surface area contributed by atoms with Crippen molar-refractivity contribution in [2.75, 3.05) is 0 Å². The zero-order valence-electron chi connectivity index (χ0n) is 26.3. The number of nitrogens with zero attached hydrogens (tertiary/aromatic N) is 1. The van der Waals surface area contributed by atoms with Crippen LogP contribution < -0.4 is 0 Å². The van der Waals surface area contributed by atoms with Crippen LogP contribution in [0.1, 0.15) is 59.1 Å². The van der Waals surface area contributed by atoms with Crippen molar-refractivity contribution in [3.63, 3.8) is 0 Å². The summed E-state index contributed by atoms with van der Waals surface area (Å²) >= 11 is 0. The summed E-state index contributed by atoms with van der Waals surface area (Å²) < 4.78 is 14.3. The monoisotopic (exact) mass is 563 g/mol. The van der Waals surface area contributed by atoms with Gasteiger partial charge in [0.2, 0.25) is 0 Å². The highest BCUT2D eigenvalue weighted by atomic mass is 28.4. The SMILES string of the molecule is C#CC[C@@H](O[Si](C)(C)C(C)(C)C)[C@H]([C@@H](C=C)O[Si](C)(C)C(C)(C)C)N(Cc1ccccc1)Cc1ccccc1. The fourth-order valence-corrected chi connectivity index (χ4v) is 6.84. The smallest absolute Gasteiger partial charge is 0.192 e. The van der Waals surface area contributed by atoms with Crippen LogP contribution in [0.15, 0.2) is 73.3 Å². The Morgan fingerprint density at radius 2 is 1.21 bits per heavy atom. The first-order chi connectivity index (χ1) is 18.0. The molecule has 0 amide bonds. The lowest BCUT2D eigenvalue weighted by molar-refractivity contribution is -0.00640. The maximum absolute atomic E-state index is 7.19. The van der Waals surface area contributed by atoms with Gasteiger partial charge in [0.05, 0.1) is 18.2 Å². The van der Waals surface area contributed by atoms with Crippen molar-refractivity contribution in [3.8, 4) is 12.3 Å². The Hall–Kier alpha value is -1.95.